The molecule has 0 spiro atoms. The Bertz CT molecular complexity index is 381. The summed E-state index contributed by atoms with van der Waals surface area (Å²) in [7, 11) is 1.15. The van der Waals surface area contributed by atoms with E-state index in [4.69, 9.17) is 0 Å². The van der Waals surface area contributed by atoms with E-state index in [-0.39, 0.29) is 11.3 Å². The molecule has 1 aromatic rings. The summed E-state index contributed by atoms with van der Waals surface area (Å²) in [5.74, 6) is 0.678. The number of hydrogen-bond donors (Lipinski definition) is 1. The zero-order valence-corrected chi connectivity index (χ0v) is 12.2. The van der Waals surface area contributed by atoms with Crippen LogP contribution in [-0.2, 0) is 10.8 Å². The Morgan fingerprint density at radius 1 is 1.18 bits per heavy atom. The molecule has 2 nitrogen and oxygen atoms in total. The Morgan fingerprint density at radius 2 is 1.71 bits per heavy atom. The summed E-state index contributed by atoms with van der Waals surface area (Å²) < 4.78 is 11.9. The van der Waals surface area contributed by atoms with Crippen LogP contribution in [0.3, 0.4) is 0 Å². The maximum atomic E-state index is 11.9. The molecule has 17 heavy (non-hydrogen) atoms. The number of aryl methyl sites for hydroxylation is 2. The van der Waals surface area contributed by atoms with Gasteiger partial charge in [0.05, 0.1) is 0 Å². The number of nitrogens with one attached hydrogen (secondary N) is 1. The Morgan fingerprint density at radius 3 is 2.12 bits per heavy atom. The molecule has 0 fully saturated rings. The van der Waals surface area contributed by atoms with E-state index in [0.29, 0.717) is 5.75 Å². The van der Waals surface area contributed by atoms with Crippen LogP contribution in [0.2, 0.25) is 0 Å². The second-order valence-corrected chi connectivity index (χ2v) is 6.90. The molecule has 2 unspecified atom stereocenters. The highest BCUT2D eigenvalue weighted by atomic mass is 32.2. The van der Waals surface area contributed by atoms with Crippen LogP contribution < -0.4 is 5.32 Å². The van der Waals surface area contributed by atoms with Crippen LogP contribution in [0.4, 0.5) is 0 Å². The molecule has 1 aromatic carbocycles. The quantitative estimate of drug-likeness (QED) is 0.874. The Kier molecular flexibility index (Phi) is 5.34. The summed E-state index contributed by atoms with van der Waals surface area (Å²) in [6.45, 7) is 8.21. The summed E-state index contributed by atoms with van der Waals surface area (Å²) in [5, 5.41) is 3.48. The lowest BCUT2D eigenvalue weighted by atomic mass is 10.0. The Hall–Kier alpha value is -0.670. The van der Waals surface area contributed by atoms with Crippen molar-refractivity contribution in [1.82, 2.24) is 5.32 Å². The van der Waals surface area contributed by atoms with E-state index >= 15 is 0 Å². The summed E-state index contributed by atoms with van der Waals surface area (Å²) >= 11 is 0. The third-order valence-electron chi connectivity index (χ3n) is 2.85. The van der Waals surface area contributed by atoms with Crippen LogP contribution >= 0.6 is 0 Å². The largest absolute Gasteiger partial charge is 0.312 e. The minimum atomic E-state index is -0.778. The van der Waals surface area contributed by atoms with Crippen molar-refractivity contribution < 1.29 is 4.21 Å². The highest BCUT2D eigenvalue weighted by Gasteiger charge is 2.15. The third kappa shape index (κ3) is 4.25. The lowest BCUT2D eigenvalue weighted by Gasteiger charge is -2.18. The molecule has 1 N–H and O–H groups in total. The number of rotatable bonds is 5. The molecule has 0 aliphatic rings. The van der Waals surface area contributed by atoms with Crippen LogP contribution in [-0.4, -0.2) is 22.3 Å². The third-order valence-corrected chi connectivity index (χ3v) is 4.56. The molecule has 2 atom stereocenters. The zero-order valence-electron chi connectivity index (χ0n) is 11.4. The molecule has 0 amide bonds. The molecule has 1 rings (SSSR count). The maximum Gasteiger partial charge on any atom is 0.0434 e. The molecule has 0 saturated heterocycles. The van der Waals surface area contributed by atoms with Gasteiger partial charge in [-0.25, -0.2) is 0 Å². The smallest absolute Gasteiger partial charge is 0.0434 e. The topological polar surface area (TPSA) is 29.1 Å². The molecule has 0 radical (unpaired) electrons. The summed E-state index contributed by atoms with van der Waals surface area (Å²) in [5.41, 5.74) is 3.75. The fourth-order valence-electron chi connectivity index (χ4n) is 1.91. The highest BCUT2D eigenvalue weighted by Crippen LogP contribution is 2.18. The van der Waals surface area contributed by atoms with Crippen LogP contribution in [0.25, 0.3) is 0 Å². The summed E-state index contributed by atoms with van der Waals surface area (Å²) in [6, 6.07) is 6.68. The van der Waals surface area contributed by atoms with Crippen molar-refractivity contribution in [3.05, 3.63) is 34.9 Å². The van der Waals surface area contributed by atoms with E-state index in [1.807, 2.05) is 20.9 Å². The lowest BCUT2D eigenvalue weighted by molar-refractivity contribution is 0.631. The minimum absolute atomic E-state index is 0.178. The summed E-state index contributed by atoms with van der Waals surface area (Å²) in [6.07, 6.45) is 0. The monoisotopic (exact) mass is 253 g/mol. The molecule has 96 valence electrons. The highest BCUT2D eigenvalue weighted by molar-refractivity contribution is 7.85. The van der Waals surface area contributed by atoms with Gasteiger partial charge in [0.2, 0.25) is 0 Å². The lowest BCUT2D eigenvalue weighted by Crippen LogP contribution is -2.25. The van der Waals surface area contributed by atoms with Crippen molar-refractivity contribution in [2.45, 2.75) is 39.0 Å². The first-order valence-electron chi connectivity index (χ1n) is 6.06. The molecular weight excluding hydrogens is 230 g/mol. The van der Waals surface area contributed by atoms with Crippen LogP contribution in [0.1, 0.15) is 36.6 Å². The van der Waals surface area contributed by atoms with Crippen LogP contribution in [0, 0.1) is 13.8 Å². The average Bonchev–Trinajstić information content (AvgIpc) is 2.23. The summed E-state index contributed by atoms with van der Waals surface area (Å²) in [4.78, 5) is 0. The van der Waals surface area contributed by atoms with Gasteiger partial charge in [0, 0.05) is 27.8 Å². The molecule has 0 saturated carbocycles. The van der Waals surface area contributed by atoms with Crippen molar-refractivity contribution in [3.8, 4) is 0 Å². The second-order valence-electron chi connectivity index (χ2n) is 4.86. The van der Waals surface area contributed by atoms with Gasteiger partial charge in [-0.1, -0.05) is 43.2 Å². The second kappa shape index (κ2) is 6.31. The van der Waals surface area contributed by atoms with Gasteiger partial charge in [-0.15, -0.1) is 0 Å². The normalized spacial score (nSPS) is 14.9. The van der Waals surface area contributed by atoms with E-state index in [0.717, 1.165) is 0 Å². The fourth-order valence-corrected chi connectivity index (χ4v) is 2.99. The first kappa shape index (κ1) is 14.4. The minimum Gasteiger partial charge on any atom is -0.312 e. The van der Waals surface area contributed by atoms with Crippen LogP contribution in [0.5, 0.6) is 0 Å². The van der Waals surface area contributed by atoms with Crippen molar-refractivity contribution in [2.75, 3.05) is 12.8 Å². The molecule has 0 heterocycles. The first-order valence-corrected chi connectivity index (χ1v) is 7.45. The van der Waals surface area contributed by atoms with Gasteiger partial charge in [0.1, 0.15) is 0 Å². The predicted molar refractivity (Wildman–Crippen MR) is 75.9 cm³/mol. The Balaban J connectivity index is 2.89. The molecule has 0 aromatic heterocycles. The molecule has 3 heteroatoms. The van der Waals surface area contributed by atoms with Crippen molar-refractivity contribution >= 4 is 10.8 Å². The van der Waals surface area contributed by atoms with Gasteiger partial charge in [-0.3, -0.25) is 4.21 Å². The van der Waals surface area contributed by atoms with Gasteiger partial charge >= 0.3 is 0 Å². The fraction of sp³-hybridized carbons (Fsp3) is 0.571. The molecule has 0 aliphatic heterocycles. The van der Waals surface area contributed by atoms with Gasteiger partial charge in [0.15, 0.2) is 0 Å². The number of benzene rings is 1. The first-order chi connectivity index (χ1) is 7.93. The molecule has 0 bridgehead atoms. The number of hydrogen-bond acceptors (Lipinski definition) is 2. The predicted octanol–water partition coefficient (Wildman–Crippen LogP) is 2.72. The average molecular weight is 253 g/mol. The van der Waals surface area contributed by atoms with E-state index < -0.39 is 10.8 Å². The van der Waals surface area contributed by atoms with E-state index in [2.05, 4.69) is 37.4 Å². The zero-order chi connectivity index (χ0) is 13.0. The van der Waals surface area contributed by atoms with Gasteiger partial charge in [-0.05, 0) is 26.5 Å². The van der Waals surface area contributed by atoms with E-state index in [1.165, 1.54) is 16.7 Å². The molecular formula is C14H23NOS. The maximum absolute atomic E-state index is 11.9. The van der Waals surface area contributed by atoms with E-state index in [9.17, 15) is 4.21 Å². The SMILES string of the molecule is CNC(CS(=O)C(C)C)c1cc(C)cc(C)c1. The van der Waals surface area contributed by atoms with Gasteiger partial charge in [-0.2, -0.15) is 0 Å². The Labute approximate surface area is 107 Å². The van der Waals surface area contributed by atoms with Gasteiger partial charge < -0.3 is 5.32 Å². The van der Waals surface area contributed by atoms with Gasteiger partial charge in [0.25, 0.3) is 0 Å². The van der Waals surface area contributed by atoms with Crippen molar-refractivity contribution in [1.29, 1.82) is 0 Å². The molecule has 0 aliphatic carbocycles. The van der Waals surface area contributed by atoms with Crippen molar-refractivity contribution in [2.24, 2.45) is 0 Å². The van der Waals surface area contributed by atoms with E-state index in [1.54, 1.807) is 0 Å². The van der Waals surface area contributed by atoms with Crippen LogP contribution in [0.15, 0.2) is 18.2 Å². The standard InChI is InChI=1S/C14H23NOS/c1-10(2)17(16)9-14(15-5)13-7-11(3)6-12(4)8-13/h6-8,10,14-15H,9H2,1-5H3. The van der Waals surface area contributed by atoms with Crippen molar-refractivity contribution in [3.63, 3.8) is 0 Å².